The fourth-order valence-electron chi connectivity index (χ4n) is 2.79. The lowest BCUT2D eigenvalue weighted by Crippen LogP contribution is -2.38. The van der Waals surface area contributed by atoms with Gasteiger partial charge in [0.2, 0.25) is 5.91 Å². The Hall–Kier alpha value is -1.35. The molecule has 0 radical (unpaired) electrons. The normalized spacial score (nSPS) is 20.7. The fourth-order valence-corrected chi connectivity index (χ4v) is 2.79. The van der Waals surface area contributed by atoms with E-state index in [4.69, 9.17) is 0 Å². The highest BCUT2D eigenvalue weighted by atomic mass is 16.2. The van der Waals surface area contributed by atoms with Crippen molar-refractivity contribution in [2.45, 2.75) is 38.1 Å². The first-order valence-corrected chi connectivity index (χ1v) is 6.95. The monoisotopic (exact) mass is 260 g/mol. The highest BCUT2D eigenvalue weighted by Gasteiger charge is 2.32. The Morgan fingerprint density at radius 3 is 2.74 bits per heavy atom. The Labute approximate surface area is 116 Å². The zero-order valence-electron chi connectivity index (χ0n) is 12.4. The molecule has 1 aliphatic rings. The average molecular weight is 260 g/mol. The molecule has 0 bridgehead atoms. The van der Waals surface area contributed by atoms with Gasteiger partial charge in [0.1, 0.15) is 0 Å². The number of nitrogens with zero attached hydrogens (tertiary/aromatic N) is 1. The third kappa shape index (κ3) is 2.98. The Bertz CT molecular complexity index is 466. The van der Waals surface area contributed by atoms with Gasteiger partial charge >= 0.3 is 0 Å². The molecule has 0 aliphatic heterocycles. The minimum atomic E-state index is 0.127. The van der Waals surface area contributed by atoms with Crippen LogP contribution in [-0.4, -0.2) is 31.4 Å². The zero-order chi connectivity index (χ0) is 14.0. The van der Waals surface area contributed by atoms with Crippen LogP contribution in [0.3, 0.4) is 0 Å². The number of fused-ring (bicyclic) bond motifs is 1. The number of nitrogens with one attached hydrogen (secondary N) is 1. The second kappa shape index (κ2) is 5.33. The quantitative estimate of drug-likeness (QED) is 0.905. The number of carbonyl (C=O) groups excluding carboxylic acids is 1. The van der Waals surface area contributed by atoms with Gasteiger partial charge in [0.25, 0.3) is 0 Å². The fraction of sp³-hybridized carbons (Fsp3) is 0.562. The molecule has 2 rings (SSSR count). The van der Waals surface area contributed by atoms with Crippen molar-refractivity contribution in [2.24, 2.45) is 0 Å². The Kier molecular flexibility index (Phi) is 3.95. The second-order valence-electron chi connectivity index (χ2n) is 6.23. The summed E-state index contributed by atoms with van der Waals surface area (Å²) in [5.41, 5.74) is 3.00. The molecule has 104 valence electrons. The van der Waals surface area contributed by atoms with Crippen molar-refractivity contribution in [1.29, 1.82) is 0 Å². The lowest BCUT2D eigenvalue weighted by Gasteiger charge is -2.37. The lowest BCUT2D eigenvalue weighted by molar-refractivity contribution is -0.127. The number of carbonyl (C=O) groups is 1. The van der Waals surface area contributed by atoms with Crippen LogP contribution in [0.1, 0.15) is 43.9 Å². The van der Waals surface area contributed by atoms with Gasteiger partial charge < -0.3 is 10.2 Å². The predicted octanol–water partition coefficient (Wildman–Crippen LogP) is 2.48. The molecule has 0 saturated carbocycles. The second-order valence-corrected chi connectivity index (χ2v) is 6.23. The minimum absolute atomic E-state index is 0.127. The summed E-state index contributed by atoms with van der Waals surface area (Å²) in [7, 11) is 3.59. The number of likely N-dealkylation sites (N-methyl/N-ethyl adjacent to an activating group) is 1. The molecule has 1 aromatic carbocycles. The smallest absolute Gasteiger partial charge is 0.236 e. The first-order chi connectivity index (χ1) is 8.92. The van der Waals surface area contributed by atoms with Gasteiger partial charge in [-0.3, -0.25) is 4.79 Å². The van der Waals surface area contributed by atoms with Gasteiger partial charge in [0.05, 0.1) is 6.54 Å². The Balaban J connectivity index is 2.14. The molecule has 0 aromatic heterocycles. The van der Waals surface area contributed by atoms with Crippen molar-refractivity contribution in [2.75, 3.05) is 20.6 Å². The van der Waals surface area contributed by atoms with Crippen LogP contribution in [0, 0.1) is 0 Å². The largest absolute Gasteiger partial charge is 0.348 e. The molecule has 0 fully saturated rings. The molecule has 1 amide bonds. The maximum atomic E-state index is 11.7. The maximum absolute atomic E-state index is 11.7. The van der Waals surface area contributed by atoms with Crippen LogP contribution in [0.2, 0.25) is 0 Å². The molecule has 3 nitrogen and oxygen atoms in total. The van der Waals surface area contributed by atoms with E-state index >= 15 is 0 Å². The molecule has 1 unspecified atom stereocenters. The molecule has 0 heterocycles. The summed E-state index contributed by atoms with van der Waals surface area (Å²) < 4.78 is 0. The lowest BCUT2D eigenvalue weighted by atomic mass is 9.71. The molecular weight excluding hydrogens is 236 g/mol. The van der Waals surface area contributed by atoms with E-state index in [1.165, 1.54) is 11.1 Å². The number of rotatable bonds is 3. The molecule has 0 saturated heterocycles. The first kappa shape index (κ1) is 14.1. The molecule has 1 atom stereocenters. The SMILES string of the molecule is CN(C)C(=O)CNC1CCC(C)(C)c2ccccc21. The van der Waals surface area contributed by atoms with E-state index in [0.717, 1.165) is 12.8 Å². The van der Waals surface area contributed by atoms with Crippen LogP contribution < -0.4 is 5.32 Å². The van der Waals surface area contributed by atoms with Crippen molar-refractivity contribution < 1.29 is 4.79 Å². The van der Waals surface area contributed by atoms with Crippen LogP contribution in [0.25, 0.3) is 0 Å². The molecule has 1 aliphatic carbocycles. The van der Waals surface area contributed by atoms with Crippen molar-refractivity contribution in [1.82, 2.24) is 10.2 Å². The van der Waals surface area contributed by atoms with Crippen molar-refractivity contribution in [3.8, 4) is 0 Å². The van der Waals surface area contributed by atoms with Gasteiger partial charge in [-0.25, -0.2) is 0 Å². The number of amides is 1. The minimum Gasteiger partial charge on any atom is -0.348 e. The summed E-state index contributed by atoms with van der Waals surface area (Å²) in [4.78, 5) is 13.3. The van der Waals surface area contributed by atoms with E-state index in [9.17, 15) is 4.79 Å². The summed E-state index contributed by atoms with van der Waals surface area (Å²) in [6.45, 7) is 5.01. The molecule has 1 aromatic rings. The number of hydrogen-bond donors (Lipinski definition) is 1. The van der Waals surface area contributed by atoms with E-state index in [0.29, 0.717) is 12.6 Å². The van der Waals surface area contributed by atoms with Crippen LogP contribution in [0.4, 0.5) is 0 Å². The predicted molar refractivity (Wildman–Crippen MR) is 78.1 cm³/mol. The Morgan fingerprint density at radius 1 is 1.37 bits per heavy atom. The molecule has 1 N–H and O–H groups in total. The third-order valence-corrected chi connectivity index (χ3v) is 4.12. The van der Waals surface area contributed by atoms with Gasteiger partial charge in [0.15, 0.2) is 0 Å². The van der Waals surface area contributed by atoms with E-state index in [1.54, 1.807) is 19.0 Å². The molecule has 3 heteroatoms. The topological polar surface area (TPSA) is 32.3 Å². The summed E-state index contributed by atoms with van der Waals surface area (Å²) in [5, 5.41) is 3.41. The third-order valence-electron chi connectivity index (χ3n) is 4.12. The van der Waals surface area contributed by atoms with E-state index in [-0.39, 0.29) is 11.3 Å². The summed E-state index contributed by atoms with van der Waals surface area (Å²) in [6, 6.07) is 8.90. The number of hydrogen-bond acceptors (Lipinski definition) is 2. The van der Waals surface area contributed by atoms with Gasteiger partial charge in [-0.2, -0.15) is 0 Å². The summed E-state index contributed by atoms with van der Waals surface area (Å²) >= 11 is 0. The standard InChI is InChI=1S/C16H24N2O/c1-16(2)10-9-14(17-11-15(19)18(3)4)12-7-5-6-8-13(12)16/h5-8,14,17H,9-11H2,1-4H3. The van der Waals surface area contributed by atoms with Gasteiger partial charge in [-0.05, 0) is 29.4 Å². The van der Waals surface area contributed by atoms with Crippen molar-refractivity contribution >= 4 is 5.91 Å². The van der Waals surface area contributed by atoms with E-state index in [2.05, 4.69) is 43.4 Å². The molecule has 0 spiro atoms. The summed E-state index contributed by atoms with van der Waals surface area (Å²) in [6.07, 6.45) is 2.24. The average Bonchev–Trinajstić information content (AvgIpc) is 2.37. The molecular formula is C16H24N2O. The van der Waals surface area contributed by atoms with Crippen LogP contribution >= 0.6 is 0 Å². The number of benzene rings is 1. The van der Waals surface area contributed by atoms with Gasteiger partial charge in [-0.15, -0.1) is 0 Å². The van der Waals surface area contributed by atoms with Gasteiger partial charge in [-0.1, -0.05) is 38.1 Å². The highest BCUT2D eigenvalue weighted by Crippen LogP contribution is 2.41. The van der Waals surface area contributed by atoms with Crippen molar-refractivity contribution in [3.63, 3.8) is 0 Å². The summed E-state index contributed by atoms with van der Waals surface area (Å²) in [5.74, 6) is 0.127. The zero-order valence-corrected chi connectivity index (χ0v) is 12.4. The molecule has 19 heavy (non-hydrogen) atoms. The van der Waals surface area contributed by atoms with Crippen LogP contribution in [0.15, 0.2) is 24.3 Å². The van der Waals surface area contributed by atoms with E-state index in [1.807, 2.05) is 0 Å². The van der Waals surface area contributed by atoms with E-state index < -0.39 is 0 Å². The van der Waals surface area contributed by atoms with Gasteiger partial charge in [0, 0.05) is 20.1 Å². The van der Waals surface area contributed by atoms with Crippen LogP contribution in [0.5, 0.6) is 0 Å². The van der Waals surface area contributed by atoms with Crippen LogP contribution in [-0.2, 0) is 10.2 Å². The Morgan fingerprint density at radius 2 is 2.05 bits per heavy atom. The highest BCUT2D eigenvalue weighted by molar-refractivity contribution is 5.77. The van der Waals surface area contributed by atoms with Crippen molar-refractivity contribution in [3.05, 3.63) is 35.4 Å². The maximum Gasteiger partial charge on any atom is 0.236 e. The first-order valence-electron chi connectivity index (χ1n) is 6.95.